The molecule has 7 nitrogen and oxygen atoms in total. The fourth-order valence-electron chi connectivity index (χ4n) is 2.10. The van der Waals surface area contributed by atoms with Crippen molar-refractivity contribution in [2.75, 3.05) is 45.0 Å². The molecule has 1 aliphatic heterocycles. The molecule has 1 aliphatic rings. The number of aromatic nitrogens is 1. The molecule has 0 atom stereocenters. The molecule has 1 aromatic heterocycles. The normalized spacial score (nSPS) is 15.7. The minimum atomic E-state index is -0.0984. The third-order valence-corrected chi connectivity index (χ3v) is 3.89. The lowest BCUT2D eigenvalue weighted by Crippen LogP contribution is -2.51. The number of carbonyl (C=O) groups is 2. The molecule has 2 rings (SSSR count). The van der Waals surface area contributed by atoms with Crippen LogP contribution >= 0.6 is 11.3 Å². The summed E-state index contributed by atoms with van der Waals surface area (Å²) in [6, 6.07) is 0. The predicted molar refractivity (Wildman–Crippen MR) is 82.1 cm³/mol. The van der Waals surface area contributed by atoms with Gasteiger partial charge in [0.15, 0.2) is 5.13 Å². The average molecular weight is 309 g/mol. The van der Waals surface area contributed by atoms with Crippen LogP contribution in [0.5, 0.6) is 0 Å². The van der Waals surface area contributed by atoms with Crippen LogP contribution in [0, 0.1) is 0 Å². The summed E-state index contributed by atoms with van der Waals surface area (Å²) < 4.78 is 0. The molecule has 1 fully saturated rings. The van der Waals surface area contributed by atoms with Gasteiger partial charge in [0.05, 0.1) is 6.54 Å². The Morgan fingerprint density at radius 2 is 2.14 bits per heavy atom. The number of nitrogens with zero attached hydrogens (tertiary/aromatic N) is 3. The summed E-state index contributed by atoms with van der Waals surface area (Å²) in [6.07, 6.45) is 1.65. The van der Waals surface area contributed by atoms with Gasteiger partial charge in [0, 0.05) is 38.1 Å². The van der Waals surface area contributed by atoms with Gasteiger partial charge in [0.25, 0.3) is 5.91 Å². The summed E-state index contributed by atoms with van der Waals surface area (Å²) in [7, 11) is 0. The van der Waals surface area contributed by atoms with E-state index in [9.17, 15) is 9.59 Å². The number of nitrogens with two attached hydrogens (primary N) is 1. The average Bonchev–Trinajstić information content (AvgIpc) is 2.92. The monoisotopic (exact) mass is 309 g/mol. The van der Waals surface area contributed by atoms with Gasteiger partial charge in [-0.3, -0.25) is 14.5 Å². The van der Waals surface area contributed by atoms with Crippen LogP contribution in [0.15, 0.2) is 18.0 Å². The number of carbonyl (C=O) groups excluding carboxylic acids is 2. The first-order valence-electron chi connectivity index (χ1n) is 6.70. The van der Waals surface area contributed by atoms with E-state index in [1.54, 1.807) is 16.4 Å². The second kappa shape index (κ2) is 7.19. The molecule has 0 radical (unpaired) electrons. The summed E-state index contributed by atoms with van der Waals surface area (Å²) >= 11 is 1.26. The van der Waals surface area contributed by atoms with Crippen molar-refractivity contribution in [3.05, 3.63) is 23.7 Å². The molecule has 2 heterocycles. The number of nitrogen functional groups attached to an aromatic ring is 1. The molecule has 0 spiro atoms. The van der Waals surface area contributed by atoms with Gasteiger partial charge in [-0.2, -0.15) is 0 Å². The topological polar surface area (TPSA) is 91.6 Å². The number of thiazole rings is 1. The summed E-state index contributed by atoms with van der Waals surface area (Å²) in [4.78, 5) is 31.6. The van der Waals surface area contributed by atoms with Gasteiger partial charge in [-0.05, 0) is 0 Å². The smallest absolute Gasteiger partial charge is 0.273 e. The van der Waals surface area contributed by atoms with E-state index >= 15 is 0 Å². The Balaban J connectivity index is 1.79. The Labute approximate surface area is 127 Å². The van der Waals surface area contributed by atoms with E-state index in [1.165, 1.54) is 11.3 Å². The van der Waals surface area contributed by atoms with Crippen LogP contribution in [-0.4, -0.2) is 65.9 Å². The van der Waals surface area contributed by atoms with Crippen LogP contribution in [0.3, 0.4) is 0 Å². The van der Waals surface area contributed by atoms with Crippen molar-refractivity contribution in [3.63, 3.8) is 0 Å². The SMILES string of the molecule is C=CCNC(=O)CN1CCN(C(=O)c2csc(N)n2)CC1. The van der Waals surface area contributed by atoms with Gasteiger partial charge in [0.2, 0.25) is 5.91 Å². The molecular formula is C13H19N5O2S. The van der Waals surface area contributed by atoms with Crippen molar-refractivity contribution in [2.24, 2.45) is 0 Å². The number of rotatable bonds is 5. The van der Waals surface area contributed by atoms with E-state index < -0.39 is 0 Å². The number of nitrogens with one attached hydrogen (secondary N) is 1. The van der Waals surface area contributed by atoms with Crippen molar-refractivity contribution < 1.29 is 9.59 Å². The molecule has 21 heavy (non-hydrogen) atoms. The van der Waals surface area contributed by atoms with Crippen LogP contribution in [0.25, 0.3) is 0 Å². The van der Waals surface area contributed by atoms with E-state index in [0.29, 0.717) is 50.1 Å². The highest BCUT2D eigenvalue weighted by Gasteiger charge is 2.24. The van der Waals surface area contributed by atoms with E-state index in [-0.39, 0.29) is 11.8 Å². The molecule has 0 aliphatic carbocycles. The van der Waals surface area contributed by atoms with Crippen LogP contribution in [0.1, 0.15) is 10.5 Å². The number of anilines is 1. The molecule has 0 saturated carbocycles. The molecule has 0 bridgehead atoms. The molecule has 114 valence electrons. The molecule has 2 amide bonds. The lowest BCUT2D eigenvalue weighted by atomic mass is 10.3. The molecule has 1 saturated heterocycles. The number of piperazine rings is 1. The number of hydrogen-bond acceptors (Lipinski definition) is 6. The van der Waals surface area contributed by atoms with Crippen LogP contribution < -0.4 is 11.1 Å². The minimum Gasteiger partial charge on any atom is -0.375 e. The molecular weight excluding hydrogens is 290 g/mol. The highest BCUT2D eigenvalue weighted by molar-refractivity contribution is 7.13. The molecule has 0 aromatic carbocycles. The largest absolute Gasteiger partial charge is 0.375 e. The van der Waals surface area contributed by atoms with Crippen molar-refractivity contribution in [3.8, 4) is 0 Å². The van der Waals surface area contributed by atoms with Gasteiger partial charge >= 0.3 is 0 Å². The summed E-state index contributed by atoms with van der Waals surface area (Å²) in [5.74, 6) is -0.124. The van der Waals surface area contributed by atoms with Gasteiger partial charge < -0.3 is 16.0 Å². The maximum absolute atomic E-state index is 12.2. The van der Waals surface area contributed by atoms with Gasteiger partial charge in [-0.15, -0.1) is 17.9 Å². The quantitative estimate of drug-likeness (QED) is 0.734. The molecule has 1 aromatic rings. The van der Waals surface area contributed by atoms with Gasteiger partial charge in [0.1, 0.15) is 5.69 Å². The Hall–Kier alpha value is -1.93. The maximum atomic E-state index is 12.2. The number of hydrogen-bond donors (Lipinski definition) is 2. The zero-order valence-electron chi connectivity index (χ0n) is 11.7. The van der Waals surface area contributed by atoms with E-state index in [0.717, 1.165) is 0 Å². The Morgan fingerprint density at radius 1 is 1.43 bits per heavy atom. The van der Waals surface area contributed by atoms with Crippen LogP contribution in [0.4, 0.5) is 5.13 Å². The lowest BCUT2D eigenvalue weighted by Gasteiger charge is -2.33. The molecule has 8 heteroatoms. The first-order chi connectivity index (χ1) is 10.1. The first-order valence-corrected chi connectivity index (χ1v) is 7.58. The minimum absolute atomic E-state index is 0.0260. The third kappa shape index (κ3) is 4.27. The second-order valence-corrected chi connectivity index (χ2v) is 5.62. The highest BCUT2D eigenvalue weighted by Crippen LogP contribution is 2.14. The molecule has 3 N–H and O–H groups in total. The Morgan fingerprint density at radius 3 is 2.71 bits per heavy atom. The van der Waals surface area contributed by atoms with E-state index in [2.05, 4.69) is 16.9 Å². The zero-order valence-corrected chi connectivity index (χ0v) is 12.6. The standard InChI is InChI=1S/C13H19N5O2S/c1-2-3-15-11(19)8-17-4-6-18(7-5-17)12(20)10-9-21-13(14)16-10/h2,9H,1,3-8H2,(H2,14,16)(H,15,19). The first kappa shape index (κ1) is 15.5. The second-order valence-electron chi connectivity index (χ2n) is 4.73. The number of amides is 2. The van der Waals surface area contributed by atoms with Crippen LogP contribution in [-0.2, 0) is 4.79 Å². The Kier molecular flexibility index (Phi) is 5.29. The summed E-state index contributed by atoms with van der Waals surface area (Å²) in [5, 5.41) is 4.81. The highest BCUT2D eigenvalue weighted by atomic mass is 32.1. The molecule has 0 unspecified atom stereocenters. The Bertz CT molecular complexity index is 522. The fraction of sp³-hybridized carbons (Fsp3) is 0.462. The van der Waals surface area contributed by atoms with E-state index in [4.69, 9.17) is 5.73 Å². The maximum Gasteiger partial charge on any atom is 0.273 e. The summed E-state index contributed by atoms with van der Waals surface area (Å²) in [5.41, 5.74) is 5.94. The van der Waals surface area contributed by atoms with Crippen molar-refractivity contribution in [2.45, 2.75) is 0 Å². The lowest BCUT2D eigenvalue weighted by molar-refractivity contribution is -0.122. The van der Waals surface area contributed by atoms with E-state index in [1.807, 2.05) is 4.90 Å². The van der Waals surface area contributed by atoms with Gasteiger partial charge in [-0.1, -0.05) is 6.08 Å². The fourth-order valence-corrected chi connectivity index (χ4v) is 2.64. The third-order valence-electron chi connectivity index (χ3n) is 3.21. The summed E-state index contributed by atoms with van der Waals surface area (Å²) in [6.45, 7) is 6.90. The van der Waals surface area contributed by atoms with Crippen LogP contribution in [0.2, 0.25) is 0 Å². The van der Waals surface area contributed by atoms with Gasteiger partial charge in [-0.25, -0.2) is 4.98 Å². The predicted octanol–water partition coefficient (Wildman–Crippen LogP) is -0.215. The zero-order chi connectivity index (χ0) is 15.2. The van der Waals surface area contributed by atoms with Crippen molar-refractivity contribution in [1.82, 2.24) is 20.1 Å². The van der Waals surface area contributed by atoms with Crippen molar-refractivity contribution in [1.29, 1.82) is 0 Å². The van der Waals surface area contributed by atoms with Crippen molar-refractivity contribution >= 4 is 28.3 Å².